The molecule has 0 atom stereocenters. The van der Waals surface area contributed by atoms with Crippen molar-refractivity contribution in [3.8, 4) is 5.75 Å². The minimum absolute atomic E-state index is 0.0130. The molecule has 1 aromatic heterocycles. The maximum atomic E-state index is 12.7. The van der Waals surface area contributed by atoms with E-state index in [9.17, 15) is 9.59 Å². The lowest BCUT2D eigenvalue weighted by Crippen LogP contribution is -2.32. The second kappa shape index (κ2) is 7.29. The number of carbonyl (C=O) groups excluding carboxylic acids is 2. The van der Waals surface area contributed by atoms with Gasteiger partial charge in [0.15, 0.2) is 12.4 Å². The molecule has 2 rings (SSSR count). The van der Waals surface area contributed by atoms with E-state index < -0.39 is 0 Å². The van der Waals surface area contributed by atoms with Crippen molar-refractivity contribution in [1.29, 1.82) is 0 Å². The Balaban J connectivity index is 2.53. The molecule has 0 radical (unpaired) electrons. The molecule has 0 fully saturated rings. The van der Waals surface area contributed by atoms with Gasteiger partial charge in [0.05, 0.1) is 16.8 Å². The number of aromatic nitrogens is 1. The topological polar surface area (TPSA) is 71.5 Å². The van der Waals surface area contributed by atoms with Crippen molar-refractivity contribution >= 4 is 22.7 Å². The first-order chi connectivity index (χ1) is 11.3. The maximum Gasteiger partial charge on any atom is 0.259 e. The largest absolute Gasteiger partial charge is 0.481 e. The second-order valence-corrected chi connectivity index (χ2v) is 6.12. The van der Waals surface area contributed by atoms with Crippen LogP contribution >= 0.6 is 0 Å². The van der Waals surface area contributed by atoms with Crippen LogP contribution in [0.15, 0.2) is 24.3 Å². The van der Waals surface area contributed by atoms with Crippen LogP contribution in [0.1, 0.15) is 29.9 Å². The predicted octanol–water partition coefficient (Wildman–Crippen LogP) is 2.15. The number of rotatable bonds is 5. The number of ether oxygens (including phenoxy) is 1. The summed E-state index contributed by atoms with van der Waals surface area (Å²) in [5, 5.41) is 3.59. The van der Waals surface area contributed by atoms with Crippen molar-refractivity contribution in [1.82, 2.24) is 15.2 Å². The Kier molecular flexibility index (Phi) is 5.39. The molecule has 0 spiro atoms. The van der Waals surface area contributed by atoms with Gasteiger partial charge in [-0.2, -0.15) is 0 Å². The van der Waals surface area contributed by atoms with Gasteiger partial charge in [-0.25, -0.2) is 4.98 Å². The average molecular weight is 329 g/mol. The molecule has 2 amide bonds. The smallest absolute Gasteiger partial charge is 0.259 e. The highest BCUT2D eigenvalue weighted by atomic mass is 16.5. The number of fused-ring (bicyclic) bond motifs is 1. The van der Waals surface area contributed by atoms with E-state index in [0.29, 0.717) is 22.4 Å². The molecule has 6 nitrogen and oxygen atoms in total. The number of benzene rings is 1. The summed E-state index contributed by atoms with van der Waals surface area (Å²) >= 11 is 0. The van der Waals surface area contributed by atoms with E-state index >= 15 is 0 Å². The third kappa shape index (κ3) is 3.82. The minimum Gasteiger partial charge on any atom is -0.481 e. The number of nitrogens with zero attached hydrogens (tertiary/aromatic N) is 2. The van der Waals surface area contributed by atoms with Gasteiger partial charge in [-0.1, -0.05) is 18.2 Å². The summed E-state index contributed by atoms with van der Waals surface area (Å²) in [6, 6.07) is 7.39. The molecule has 1 aromatic carbocycles. The molecule has 24 heavy (non-hydrogen) atoms. The van der Waals surface area contributed by atoms with Gasteiger partial charge in [-0.3, -0.25) is 9.59 Å². The van der Waals surface area contributed by atoms with E-state index in [4.69, 9.17) is 4.74 Å². The molecular formula is C18H23N3O3. The van der Waals surface area contributed by atoms with Gasteiger partial charge in [0.1, 0.15) is 0 Å². The highest BCUT2D eigenvalue weighted by Crippen LogP contribution is 2.30. The summed E-state index contributed by atoms with van der Waals surface area (Å²) in [6.07, 6.45) is 0. The Bertz CT molecular complexity index is 769. The zero-order valence-corrected chi connectivity index (χ0v) is 14.7. The SMILES string of the molecule is Cc1nc2ccccc2c(C(=O)NC(C)C)c1OCC(=O)N(C)C. The maximum absolute atomic E-state index is 12.7. The van der Waals surface area contributed by atoms with Gasteiger partial charge in [0, 0.05) is 25.5 Å². The van der Waals surface area contributed by atoms with Crippen LogP contribution in [0.2, 0.25) is 0 Å². The molecule has 0 bridgehead atoms. The number of amides is 2. The first kappa shape index (κ1) is 17.7. The third-order valence-electron chi connectivity index (χ3n) is 3.50. The summed E-state index contributed by atoms with van der Waals surface area (Å²) in [4.78, 5) is 30.5. The van der Waals surface area contributed by atoms with E-state index in [2.05, 4.69) is 10.3 Å². The van der Waals surface area contributed by atoms with Crippen LogP contribution in [0, 0.1) is 6.92 Å². The van der Waals surface area contributed by atoms with Crippen LogP contribution < -0.4 is 10.1 Å². The van der Waals surface area contributed by atoms with Gasteiger partial charge >= 0.3 is 0 Å². The van der Waals surface area contributed by atoms with Crippen LogP contribution in [0.25, 0.3) is 10.9 Å². The van der Waals surface area contributed by atoms with Crippen molar-refractivity contribution in [2.75, 3.05) is 20.7 Å². The lowest BCUT2D eigenvalue weighted by Gasteiger charge is -2.18. The molecule has 2 aromatic rings. The quantitative estimate of drug-likeness (QED) is 0.912. The molecule has 0 aliphatic rings. The molecule has 0 saturated carbocycles. The van der Waals surface area contributed by atoms with Crippen molar-refractivity contribution in [2.45, 2.75) is 26.8 Å². The fraction of sp³-hybridized carbons (Fsp3) is 0.389. The van der Waals surface area contributed by atoms with E-state index in [1.54, 1.807) is 21.0 Å². The van der Waals surface area contributed by atoms with Crippen molar-refractivity contribution in [3.63, 3.8) is 0 Å². The number of pyridine rings is 1. The molecule has 128 valence electrons. The average Bonchev–Trinajstić information content (AvgIpc) is 2.51. The highest BCUT2D eigenvalue weighted by Gasteiger charge is 2.21. The molecule has 1 N–H and O–H groups in total. The van der Waals surface area contributed by atoms with Crippen LogP contribution in [-0.2, 0) is 4.79 Å². The molecular weight excluding hydrogens is 306 g/mol. The van der Waals surface area contributed by atoms with Crippen molar-refractivity contribution < 1.29 is 14.3 Å². The first-order valence-electron chi connectivity index (χ1n) is 7.84. The van der Waals surface area contributed by atoms with E-state index in [0.717, 1.165) is 5.52 Å². The normalized spacial score (nSPS) is 10.8. The Morgan fingerprint density at radius 2 is 1.92 bits per heavy atom. The minimum atomic E-state index is -0.237. The van der Waals surface area contributed by atoms with Gasteiger partial charge in [0.2, 0.25) is 0 Å². The van der Waals surface area contributed by atoms with Crippen LogP contribution in [0.5, 0.6) is 5.75 Å². The van der Waals surface area contributed by atoms with Crippen LogP contribution in [0.4, 0.5) is 0 Å². The van der Waals surface area contributed by atoms with E-state index in [1.807, 2.05) is 38.1 Å². The third-order valence-corrected chi connectivity index (χ3v) is 3.50. The molecule has 6 heteroatoms. The van der Waals surface area contributed by atoms with Crippen LogP contribution in [-0.4, -0.2) is 48.4 Å². The Hall–Kier alpha value is -2.63. The number of hydrogen-bond acceptors (Lipinski definition) is 4. The fourth-order valence-electron chi connectivity index (χ4n) is 2.32. The number of likely N-dealkylation sites (N-methyl/N-ethyl adjacent to an activating group) is 1. The summed E-state index contributed by atoms with van der Waals surface area (Å²) in [5.74, 6) is -0.0705. The Morgan fingerprint density at radius 1 is 1.25 bits per heavy atom. The molecule has 1 heterocycles. The van der Waals surface area contributed by atoms with E-state index in [-0.39, 0.29) is 24.5 Å². The zero-order chi connectivity index (χ0) is 17.9. The standard InChI is InChI=1S/C18H23N3O3/c1-11(2)19-18(23)16-13-8-6-7-9-14(13)20-12(3)17(16)24-10-15(22)21(4)5/h6-9,11H,10H2,1-5H3,(H,19,23). The summed E-state index contributed by atoms with van der Waals surface area (Å²) in [6.45, 7) is 5.42. The summed E-state index contributed by atoms with van der Waals surface area (Å²) < 4.78 is 5.69. The summed E-state index contributed by atoms with van der Waals surface area (Å²) in [5.41, 5.74) is 1.71. The van der Waals surface area contributed by atoms with Gasteiger partial charge in [-0.05, 0) is 26.8 Å². The second-order valence-electron chi connectivity index (χ2n) is 6.12. The van der Waals surface area contributed by atoms with E-state index in [1.165, 1.54) is 4.90 Å². The Labute approximate surface area is 141 Å². The fourth-order valence-corrected chi connectivity index (χ4v) is 2.32. The summed E-state index contributed by atoms with van der Waals surface area (Å²) in [7, 11) is 3.31. The highest BCUT2D eigenvalue weighted by molar-refractivity contribution is 6.09. The number of hydrogen-bond donors (Lipinski definition) is 1. The lowest BCUT2D eigenvalue weighted by molar-refractivity contribution is -0.130. The Morgan fingerprint density at radius 3 is 2.54 bits per heavy atom. The molecule has 0 saturated heterocycles. The van der Waals surface area contributed by atoms with Crippen LogP contribution in [0.3, 0.4) is 0 Å². The van der Waals surface area contributed by atoms with Gasteiger partial charge in [0.25, 0.3) is 11.8 Å². The zero-order valence-electron chi connectivity index (χ0n) is 14.7. The number of carbonyl (C=O) groups is 2. The van der Waals surface area contributed by atoms with Crippen molar-refractivity contribution in [3.05, 3.63) is 35.5 Å². The first-order valence-corrected chi connectivity index (χ1v) is 7.84. The van der Waals surface area contributed by atoms with Crippen molar-refractivity contribution in [2.24, 2.45) is 0 Å². The monoisotopic (exact) mass is 329 g/mol. The number of nitrogens with one attached hydrogen (secondary N) is 1. The number of aryl methyl sites for hydroxylation is 1. The molecule has 0 aliphatic carbocycles. The molecule has 0 aliphatic heterocycles. The molecule has 0 unspecified atom stereocenters. The van der Waals surface area contributed by atoms with Gasteiger partial charge in [-0.15, -0.1) is 0 Å². The van der Waals surface area contributed by atoms with Gasteiger partial charge < -0.3 is 15.0 Å². The number of para-hydroxylation sites is 1. The predicted molar refractivity (Wildman–Crippen MR) is 93.3 cm³/mol. The lowest BCUT2D eigenvalue weighted by atomic mass is 10.1.